The number of benzene rings is 2. The van der Waals surface area contributed by atoms with Crippen molar-refractivity contribution in [3.8, 4) is 11.3 Å². The van der Waals surface area contributed by atoms with Gasteiger partial charge in [-0.25, -0.2) is 0 Å². The van der Waals surface area contributed by atoms with Crippen molar-refractivity contribution in [3.63, 3.8) is 0 Å². The number of nitro groups is 2. The van der Waals surface area contributed by atoms with Crippen LogP contribution in [0.1, 0.15) is 5.76 Å². The van der Waals surface area contributed by atoms with Crippen LogP contribution in [0.4, 0.5) is 17.1 Å². The van der Waals surface area contributed by atoms with Crippen LogP contribution in [0.15, 0.2) is 70.2 Å². The van der Waals surface area contributed by atoms with E-state index in [1.54, 1.807) is 36.4 Å². The second-order valence-electron chi connectivity index (χ2n) is 5.18. The van der Waals surface area contributed by atoms with E-state index in [4.69, 9.17) is 4.42 Å². The number of nitro benzene ring substituents is 2. The van der Waals surface area contributed by atoms with Gasteiger partial charge in [0.15, 0.2) is 0 Å². The molecule has 2 aromatic carbocycles. The molecule has 0 saturated carbocycles. The lowest BCUT2D eigenvalue weighted by molar-refractivity contribution is -0.385. The molecule has 0 spiro atoms. The van der Waals surface area contributed by atoms with Crippen molar-refractivity contribution in [1.29, 1.82) is 0 Å². The minimum Gasteiger partial charge on any atom is -0.455 e. The van der Waals surface area contributed by atoms with Crippen molar-refractivity contribution in [2.24, 2.45) is 5.10 Å². The zero-order chi connectivity index (χ0) is 18.5. The Morgan fingerprint density at radius 2 is 1.42 bits per heavy atom. The molecule has 1 heterocycles. The van der Waals surface area contributed by atoms with E-state index >= 15 is 0 Å². The number of hydrogen-bond donors (Lipinski definition) is 1. The van der Waals surface area contributed by atoms with Crippen molar-refractivity contribution in [2.45, 2.75) is 0 Å². The Bertz CT molecular complexity index is 962. The maximum atomic E-state index is 10.7. The highest BCUT2D eigenvalue weighted by molar-refractivity contribution is 5.78. The van der Waals surface area contributed by atoms with Gasteiger partial charge in [0.25, 0.3) is 11.4 Å². The molecule has 0 aliphatic carbocycles. The second kappa shape index (κ2) is 7.26. The van der Waals surface area contributed by atoms with Crippen LogP contribution >= 0.6 is 0 Å². The molecule has 1 aromatic heterocycles. The summed E-state index contributed by atoms with van der Waals surface area (Å²) < 4.78 is 5.61. The van der Waals surface area contributed by atoms with Gasteiger partial charge in [-0.15, -0.1) is 0 Å². The Morgan fingerprint density at radius 3 is 2.00 bits per heavy atom. The third-order valence-electron chi connectivity index (χ3n) is 3.45. The Hall–Kier alpha value is -4.01. The molecule has 0 amide bonds. The van der Waals surface area contributed by atoms with E-state index in [1.165, 1.54) is 30.5 Å². The lowest BCUT2D eigenvalue weighted by Crippen LogP contribution is -1.91. The quantitative estimate of drug-likeness (QED) is 0.402. The first kappa shape index (κ1) is 16.8. The molecule has 9 nitrogen and oxygen atoms in total. The van der Waals surface area contributed by atoms with Crippen LogP contribution in [0, 0.1) is 20.2 Å². The van der Waals surface area contributed by atoms with Gasteiger partial charge in [-0.05, 0) is 36.4 Å². The monoisotopic (exact) mass is 352 g/mol. The molecule has 26 heavy (non-hydrogen) atoms. The minimum absolute atomic E-state index is 0.00157. The summed E-state index contributed by atoms with van der Waals surface area (Å²) in [6, 6.07) is 15.3. The van der Waals surface area contributed by atoms with Crippen LogP contribution in [0.5, 0.6) is 0 Å². The van der Waals surface area contributed by atoms with Crippen LogP contribution in [0.3, 0.4) is 0 Å². The van der Waals surface area contributed by atoms with E-state index in [-0.39, 0.29) is 11.4 Å². The molecule has 0 radical (unpaired) electrons. The van der Waals surface area contributed by atoms with E-state index in [0.717, 1.165) is 0 Å². The minimum atomic E-state index is -0.477. The van der Waals surface area contributed by atoms with Gasteiger partial charge in [-0.3, -0.25) is 25.7 Å². The van der Waals surface area contributed by atoms with Gasteiger partial charge in [0.1, 0.15) is 11.5 Å². The number of hydrazone groups is 1. The first-order chi connectivity index (χ1) is 12.5. The molecule has 130 valence electrons. The summed E-state index contributed by atoms with van der Waals surface area (Å²) in [5, 5.41) is 25.3. The van der Waals surface area contributed by atoms with E-state index in [1.807, 2.05) is 0 Å². The number of non-ortho nitro benzene ring substituents is 2. The van der Waals surface area contributed by atoms with Gasteiger partial charge in [-0.2, -0.15) is 5.10 Å². The fourth-order valence-corrected chi connectivity index (χ4v) is 2.15. The van der Waals surface area contributed by atoms with Crippen molar-refractivity contribution in [2.75, 3.05) is 5.43 Å². The van der Waals surface area contributed by atoms with Crippen LogP contribution in [0.25, 0.3) is 11.3 Å². The number of furan rings is 1. The van der Waals surface area contributed by atoms with Gasteiger partial charge >= 0.3 is 0 Å². The topological polar surface area (TPSA) is 124 Å². The zero-order valence-electron chi connectivity index (χ0n) is 13.2. The number of anilines is 1. The number of rotatable bonds is 6. The first-order valence-corrected chi connectivity index (χ1v) is 7.41. The highest BCUT2D eigenvalue weighted by Crippen LogP contribution is 2.24. The molecule has 0 aliphatic rings. The Morgan fingerprint density at radius 1 is 0.846 bits per heavy atom. The standard InChI is InChI=1S/C17H12N4O5/c22-20(23)14-5-1-12(2-6-14)17-10-9-16(26-17)11-18-19-13-3-7-15(8-4-13)21(24)25/h1-11,19H/b18-11+. The van der Waals surface area contributed by atoms with Gasteiger partial charge in [0.2, 0.25) is 0 Å². The first-order valence-electron chi connectivity index (χ1n) is 7.41. The van der Waals surface area contributed by atoms with Crippen molar-refractivity contribution < 1.29 is 14.3 Å². The molecule has 1 N–H and O–H groups in total. The highest BCUT2D eigenvalue weighted by atomic mass is 16.6. The summed E-state index contributed by atoms with van der Waals surface area (Å²) in [5.74, 6) is 1.03. The summed E-state index contributed by atoms with van der Waals surface area (Å²) in [7, 11) is 0. The predicted molar refractivity (Wildman–Crippen MR) is 95.1 cm³/mol. The predicted octanol–water partition coefficient (Wildman–Crippen LogP) is 4.21. The second-order valence-corrected chi connectivity index (χ2v) is 5.18. The third-order valence-corrected chi connectivity index (χ3v) is 3.45. The van der Waals surface area contributed by atoms with Gasteiger partial charge in [-0.1, -0.05) is 0 Å². The average Bonchev–Trinajstić information content (AvgIpc) is 3.11. The fraction of sp³-hybridized carbons (Fsp3) is 0. The maximum Gasteiger partial charge on any atom is 0.269 e. The lowest BCUT2D eigenvalue weighted by Gasteiger charge is -1.98. The maximum absolute atomic E-state index is 10.7. The van der Waals surface area contributed by atoms with Gasteiger partial charge in [0.05, 0.1) is 21.7 Å². The molecule has 3 aromatic rings. The molecule has 0 saturated heterocycles. The summed E-state index contributed by atoms with van der Waals surface area (Å²) in [6.45, 7) is 0. The molecular weight excluding hydrogens is 340 g/mol. The fourth-order valence-electron chi connectivity index (χ4n) is 2.15. The number of hydrogen-bond acceptors (Lipinski definition) is 7. The summed E-state index contributed by atoms with van der Waals surface area (Å²) in [6.07, 6.45) is 1.45. The van der Waals surface area contributed by atoms with E-state index in [0.29, 0.717) is 22.8 Å². The normalized spacial score (nSPS) is 10.8. The SMILES string of the molecule is O=[N+]([O-])c1ccc(N/N=C/c2ccc(-c3ccc([N+](=O)[O-])cc3)o2)cc1. The van der Waals surface area contributed by atoms with Crippen molar-refractivity contribution >= 4 is 23.3 Å². The van der Waals surface area contributed by atoms with Crippen molar-refractivity contribution in [1.82, 2.24) is 0 Å². The zero-order valence-corrected chi connectivity index (χ0v) is 13.2. The van der Waals surface area contributed by atoms with E-state index < -0.39 is 9.85 Å². The smallest absolute Gasteiger partial charge is 0.269 e. The number of nitrogens with one attached hydrogen (secondary N) is 1. The third kappa shape index (κ3) is 3.90. The Labute approximate surface area is 146 Å². The van der Waals surface area contributed by atoms with E-state index in [9.17, 15) is 20.2 Å². The summed E-state index contributed by atoms with van der Waals surface area (Å²) in [4.78, 5) is 20.3. The Balaban J connectivity index is 1.65. The average molecular weight is 352 g/mol. The van der Waals surface area contributed by atoms with Crippen LogP contribution in [-0.2, 0) is 0 Å². The largest absolute Gasteiger partial charge is 0.455 e. The van der Waals surface area contributed by atoms with E-state index in [2.05, 4.69) is 10.5 Å². The molecule has 0 aliphatic heterocycles. The Kier molecular flexibility index (Phi) is 4.70. The molecule has 0 atom stereocenters. The number of nitrogens with zero attached hydrogens (tertiary/aromatic N) is 3. The molecule has 0 bridgehead atoms. The van der Waals surface area contributed by atoms with Crippen LogP contribution < -0.4 is 5.43 Å². The molecule has 0 unspecified atom stereocenters. The molecule has 0 fully saturated rings. The summed E-state index contributed by atoms with van der Waals surface area (Å²) in [5.41, 5.74) is 4.05. The van der Waals surface area contributed by atoms with Gasteiger partial charge < -0.3 is 4.42 Å². The van der Waals surface area contributed by atoms with Crippen LogP contribution in [0.2, 0.25) is 0 Å². The van der Waals surface area contributed by atoms with Crippen LogP contribution in [-0.4, -0.2) is 16.1 Å². The summed E-state index contributed by atoms with van der Waals surface area (Å²) >= 11 is 0. The highest BCUT2D eigenvalue weighted by Gasteiger charge is 2.08. The molecular formula is C17H12N4O5. The van der Waals surface area contributed by atoms with Crippen molar-refractivity contribution in [3.05, 3.63) is 86.7 Å². The molecule has 9 heteroatoms. The van der Waals surface area contributed by atoms with Gasteiger partial charge in [0, 0.05) is 29.8 Å². The lowest BCUT2D eigenvalue weighted by atomic mass is 10.1. The molecule has 3 rings (SSSR count).